The van der Waals surface area contributed by atoms with Crippen LogP contribution < -0.4 is 11.1 Å². The number of nitrogens with two attached hydrogens (primary N) is 1. The molecule has 1 heterocycles. The van der Waals surface area contributed by atoms with E-state index < -0.39 is 6.04 Å². The van der Waals surface area contributed by atoms with Crippen LogP contribution in [0, 0.1) is 0 Å². The number of aromatic nitrogens is 2. The van der Waals surface area contributed by atoms with Gasteiger partial charge in [0.1, 0.15) is 6.04 Å². The molecule has 0 radical (unpaired) electrons. The van der Waals surface area contributed by atoms with Gasteiger partial charge in [-0.1, -0.05) is 28.9 Å². The van der Waals surface area contributed by atoms with Gasteiger partial charge in [-0.25, -0.2) is 0 Å². The van der Waals surface area contributed by atoms with Gasteiger partial charge in [-0.15, -0.1) is 12.4 Å². The molecule has 2 aromatic rings. The molecular weight excluding hydrogens is 331 g/mol. The van der Waals surface area contributed by atoms with Gasteiger partial charge in [0, 0.05) is 17.7 Å². The Labute approximate surface area is 138 Å². The molecule has 7 nitrogen and oxygen atoms in total. The molecule has 0 spiro atoms. The predicted octanol–water partition coefficient (Wildman–Crippen LogP) is 1.40. The zero-order chi connectivity index (χ0) is 15.2. The lowest BCUT2D eigenvalue weighted by Crippen LogP contribution is -2.43. The first-order valence-corrected chi connectivity index (χ1v) is 6.58. The standard InChI is InChI=1S/C13H15ClN4O3.ClH/c1-20-7-10(15)13(19)16-6-11-17-12(18-21-11)8-3-2-4-9(14)5-8;/h2-5,10H,6-7,15H2,1H3,(H,16,19);1H. The first kappa shape index (κ1) is 18.4. The summed E-state index contributed by atoms with van der Waals surface area (Å²) < 4.78 is 9.86. The maximum Gasteiger partial charge on any atom is 0.246 e. The summed E-state index contributed by atoms with van der Waals surface area (Å²) in [6, 6.07) is 6.35. The van der Waals surface area contributed by atoms with Crippen molar-refractivity contribution in [1.82, 2.24) is 15.5 Å². The van der Waals surface area contributed by atoms with Gasteiger partial charge in [0.25, 0.3) is 0 Å². The zero-order valence-corrected chi connectivity index (χ0v) is 13.4. The van der Waals surface area contributed by atoms with Crippen molar-refractivity contribution in [2.75, 3.05) is 13.7 Å². The van der Waals surface area contributed by atoms with Gasteiger partial charge in [0.15, 0.2) is 0 Å². The maximum absolute atomic E-state index is 11.6. The molecule has 9 heteroatoms. The molecule has 120 valence electrons. The Morgan fingerprint density at radius 2 is 2.32 bits per heavy atom. The lowest BCUT2D eigenvalue weighted by molar-refractivity contribution is -0.123. The van der Waals surface area contributed by atoms with Crippen LogP contribution in [0.15, 0.2) is 28.8 Å². The number of nitrogens with zero attached hydrogens (tertiary/aromatic N) is 2. The molecule has 22 heavy (non-hydrogen) atoms. The number of halogens is 2. The maximum atomic E-state index is 11.6. The topological polar surface area (TPSA) is 103 Å². The van der Waals surface area contributed by atoms with Crippen LogP contribution in [-0.4, -0.2) is 35.8 Å². The first-order chi connectivity index (χ1) is 10.1. The molecule has 1 aromatic heterocycles. The minimum Gasteiger partial charge on any atom is -0.383 e. The number of amides is 1. The molecule has 0 bridgehead atoms. The quantitative estimate of drug-likeness (QED) is 0.819. The third kappa shape index (κ3) is 4.96. The number of benzene rings is 1. The van der Waals surface area contributed by atoms with E-state index in [9.17, 15) is 4.79 Å². The number of nitrogens with one attached hydrogen (secondary N) is 1. The predicted molar refractivity (Wildman–Crippen MR) is 83.7 cm³/mol. The highest BCUT2D eigenvalue weighted by atomic mass is 35.5. The fourth-order valence-corrected chi connectivity index (χ4v) is 1.81. The second-order valence-electron chi connectivity index (χ2n) is 4.30. The van der Waals surface area contributed by atoms with Crippen LogP contribution in [0.2, 0.25) is 5.02 Å². The van der Waals surface area contributed by atoms with Crippen LogP contribution in [0.5, 0.6) is 0 Å². The molecule has 2 rings (SSSR count). The van der Waals surface area contributed by atoms with Gasteiger partial charge in [0.2, 0.25) is 17.6 Å². The van der Waals surface area contributed by atoms with Crippen LogP contribution >= 0.6 is 24.0 Å². The van der Waals surface area contributed by atoms with Gasteiger partial charge >= 0.3 is 0 Å². The minimum absolute atomic E-state index is 0. The highest BCUT2D eigenvalue weighted by Gasteiger charge is 2.14. The second kappa shape index (κ2) is 8.70. The first-order valence-electron chi connectivity index (χ1n) is 6.21. The van der Waals surface area contributed by atoms with E-state index in [0.29, 0.717) is 10.8 Å². The smallest absolute Gasteiger partial charge is 0.246 e. The molecule has 1 aromatic carbocycles. The Bertz CT molecular complexity index is 621. The number of carbonyl (C=O) groups excluding carboxylic acids is 1. The number of hydrogen-bond acceptors (Lipinski definition) is 6. The van der Waals surface area contributed by atoms with Crippen LogP contribution in [0.1, 0.15) is 5.89 Å². The van der Waals surface area contributed by atoms with Crippen molar-refractivity contribution in [2.24, 2.45) is 5.73 Å². The number of ether oxygens (including phenoxy) is 1. The number of carbonyl (C=O) groups is 1. The Morgan fingerprint density at radius 1 is 1.55 bits per heavy atom. The fraction of sp³-hybridized carbons (Fsp3) is 0.308. The average Bonchev–Trinajstić information content (AvgIpc) is 2.94. The van der Waals surface area contributed by atoms with Crippen molar-refractivity contribution in [3.63, 3.8) is 0 Å². The van der Waals surface area contributed by atoms with Crippen molar-refractivity contribution in [3.8, 4) is 11.4 Å². The summed E-state index contributed by atoms with van der Waals surface area (Å²) in [5, 5.41) is 7.01. The van der Waals surface area contributed by atoms with E-state index in [1.807, 2.05) is 6.07 Å². The molecule has 0 saturated carbocycles. The highest BCUT2D eigenvalue weighted by molar-refractivity contribution is 6.30. The molecule has 0 fully saturated rings. The highest BCUT2D eigenvalue weighted by Crippen LogP contribution is 2.19. The number of hydrogen-bond donors (Lipinski definition) is 2. The number of rotatable bonds is 6. The minimum atomic E-state index is -0.731. The van der Waals surface area contributed by atoms with Crippen molar-refractivity contribution < 1.29 is 14.1 Å². The molecule has 0 aliphatic carbocycles. The Kier molecular flexibility index (Phi) is 7.26. The summed E-state index contributed by atoms with van der Waals surface area (Å²) in [6.45, 7) is 0.243. The van der Waals surface area contributed by atoms with Gasteiger partial charge in [-0.3, -0.25) is 4.79 Å². The van der Waals surface area contributed by atoms with Crippen molar-refractivity contribution in [2.45, 2.75) is 12.6 Å². The van der Waals surface area contributed by atoms with Gasteiger partial charge in [-0.2, -0.15) is 4.98 Å². The summed E-state index contributed by atoms with van der Waals surface area (Å²) in [6.07, 6.45) is 0. The summed E-state index contributed by atoms with van der Waals surface area (Å²) in [5.74, 6) is 0.338. The summed E-state index contributed by atoms with van der Waals surface area (Å²) in [5.41, 5.74) is 6.32. The van der Waals surface area contributed by atoms with E-state index in [1.165, 1.54) is 7.11 Å². The van der Waals surface area contributed by atoms with E-state index in [0.717, 1.165) is 5.56 Å². The molecule has 1 amide bonds. The Morgan fingerprint density at radius 3 is 3.00 bits per heavy atom. The van der Waals surface area contributed by atoms with Crippen LogP contribution in [0.3, 0.4) is 0 Å². The molecule has 0 saturated heterocycles. The second-order valence-corrected chi connectivity index (χ2v) is 4.74. The molecule has 0 aliphatic rings. The van der Waals surface area contributed by atoms with E-state index >= 15 is 0 Å². The van der Waals surface area contributed by atoms with Gasteiger partial charge in [0.05, 0.1) is 13.2 Å². The number of methoxy groups -OCH3 is 1. The van der Waals surface area contributed by atoms with Crippen molar-refractivity contribution in [1.29, 1.82) is 0 Å². The molecule has 0 aliphatic heterocycles. The monoisotopic (exact) mass is 346 g/mol. The SMILES string of the molecule is COCC(N)C(=O)NCc1nc(-c2cccc(Cl)c2)no1.Cl. The van der Waals surface area contributed by atoms with Crippen molar-refractivity contribution >= 4 is 29.9 Å². The van der Waals surface area contributed by atoms with E-state index in [-0.39, 0.29) is 37.4 Å². The van der Waals surface area contributed by atoms with Crippen molar-refractivity contribution in [3.05, 3.63) is 35.2 Å². The average molecular weight is 347 g/mol. The van der Waals surface area contributed by atoms with E-state index in [1.54, 1.807) is 18.2 Å². The van der Waals surface area contributed by atoms with Gasteiger partial charge in [-0.05, 0) is 12.1 Å². The normalized spacial score (nSPS) is 11.6. The molecular formula is C13H16Cl2N4O3. The summed E-state index contributed by atoms with van der Waals surface area (Å²) in [4.78, 5) is 15.8. The molecule has 1 atom stereocenters. The third-order valence-electron chi connectivity index (χ3n) is 2.65. The lowest BCUT2D eigenvalue weighted by atomic mass is 10.2. The molecule has 3 N–H and O–H groups in total. The zero-order valence-electron chi connectivity index (χ0n) is 11.8. The summed E-state index contributed by atoms with van der Waals surface area (Å²) >= 11 is 5.90. The molecule has 1 unspecified atom stereocenters. The van der Waals surface area contributed by atoms with Crippen LogP contribution in [0.25, 0.3) is 11.4 Å². The van der Waals surface area contributed by atoms with Gasteiger partial charge < -0.3 is 20.3 Å². The Balaban J connectivity index is 0.00000242. The largest absolute Gasteiger partial charge is 0.383 e. The van der Waals surface area contributed by atoms with Crippen LogP contribution in [0.4, 0.5) is 0 Å². The fourth-order valence-electron chi connectivity index (χ4n) is 1.62. The van der Waals surface area contributed by atoms with Crippen LogP contribution in [-0.2, 0) is 16.1 Å². The third-order valence-corrected chi connectivity index (χ3v) is 2.88. The summed E-state index contributed by atoms with van der Waals surface area (Å²) in [7, 11) is 1.47. The Hall–Kier alpha value is -1.67. The van der Waals surface area contributed by atoms with E-state index in [4.69, 9.17) is 26.6 Å². The van der Waals surface area contributed by atoms with E-state index in [2.05, 4.69) is 15.5 Å². The lowest BCUT2D eigenvalue weighted by Gasteiger charge is -2.09.